The molecule has 0 atom stereocenters. The zero-order valence-electron chi connectivity index (χ0n) is 7.34. The maximum Gasteiger partial charge on any atom is 0.118 e. The van der Waals surface area contributed by atoms with Gasteiger partial charge in [-0.1, -0.05) is 22.0 Å². The fourth-order valence-corrected chi connectivity index (χ4v) is 1.09. The van der Waals surface area contributed by atoms with Crippen molar-refractivity contribution in [1.29, 1.82) is 0 Å². The van der Waals surface area contributed by atoms with E-state index < -0.39 is 0 Å². The van der Waals surface area contributed by atoms with E-state index in [2.05, 4.69) is 22.5 Å². The van der Waals surface area contributed by atoms with Crippen molar-refractivity contribution in [3.05, 3.63) is 40.9 Å². The molecule has 1 nitrogen and oxygen atoms in total. The molecule has 0 amide bonds. The fourth-order valence-electron chi connectivity index (χ4n) is 0.619. The van der Waals surface area contributed by atoms with Crippen LogP contribution in [0.25, 0.3) is 0 Å². The lowest BCUT2D eigenvalue weighted by Gasteiger charge is -1.96. The van der Waals surface area contributed by atoms with Gasteiger partial charge in [0.25, 0.3) is 0 Å². The van der Waals surface area contributed by atoms with E-state index >= 15 is 0 Å². The standard InChI is InChI=1S/C7H7BrO.C3H6/c1-5-4-6(8)2-3-7(5)9;1-3-2/h2-4,9H,1H3;3H,1H2,2H3. The topological polar surface area (TPSA) is 20.2 Å². The number of benzene rings is 1. The first-order valence-electron chi connectivity index (χ1n) is 3.64. The summed E-state index contributed by atoms with van der Waals surface area (Å²) in [7, 11) is 0. The average Bonchev–Trinajstić information content (AvgIpc) is 1.99. The Hall–Kier alpha value is -0.760. The van der Waals surface area contributed by atoms with Crippen LogP contribution in [-0.4, -0.2) is 5.11 Å². The second-order valence-electron chi connectivity index (χ2n) is 2.34. The van der Waals surface area contributed by atoms with Gasteiger partial charge in [-0.2, -0.15) is 0 Å². The van der Waals surface area contributed by atoms with Gasteiger partial charge in [-0.15, -0.1) is 6.58 Å². The van der Waals surface area contributed by atoms with Crippen molar-refractivity contribution in [2.45, 2.75) is 13.8 Å². The first kappa shape index (κ1) is 11.2. The Morgan fingerprint density at radius 2 is 2.00 bits per heavy atom. The molecule has 1 N–H and O–H groups in total. The number of allylic oxidation sites excluding steroid dienone is 1. The predicted octanol–water partition coefficient (Wildman–Crippen LogP) is 3.66. The van der Waals surface area contributed by atoms with Crippen LogP contribution in [0.4, 0.5) is 0 Å². The van der Waals surface area contributed by atoms with Gasteiger partial charge in [-0.25, -0.2) is 0 Å². The number of halogens is 1. The minimum atomic E-state index is 0.346. The summed E-state index contributed by atoms with van der Waals surface area (Å²) in [5, 5.41) is 9.02. The minimum Gasteiger partial charge on any atom is -0.508 e. The highest BCUT2D eigenvalue weighted by molar-refractivity contribution is 9.10. The number of aryl methyl sites for hydroxylation is 1. The van der Waals surface area contributed by atoms with E-state index in [4.69, 9.17) is 5.11 Å². The van der Waals surface area contributed by atoms with E-state index in [1.807, 2.05) is 26.0 Å². The lowest BCUT2D eigenvalue weighted by molar-refractivity contribution is 0.471. The van der Waals surface area contributed by atoms with Crippen LogP contribution < -0.4 is 0 Å². The number of phenols is 1. The molecule has 0 aliphatic rings. The summed E-state index contributed by atoms with van der Waals surface area (Å²) >= 11 is 3.29. The summed E-state index contributed by atoms with van der Waals surface area (Å²) in [5.74, 6) is 0.346. The van der Waals surface area contributed by atoms with E-state index in [0.29, 0.717) is 5.75 Å². The molecule has 0 radical (unpaired) electrons. The number of hydrogen-bond acceptors (Lipinski definition) is 1. The van der Waals surface area contributed by atoms with Crippen LogP contribution in [0.3, 0.4) is 0 Å². The fraction of sp³-hybridized carbons (Fsp3) is 0.200. The van der Waals surface area contributed by atoms with Gasteiger partial charge < -0.3 is 5.11 Å². The van der Waals surface area contributed by atoms with Crippen molar-refractivity contribution >= 4 is 15.9 Å². The Bertz CT molecular complexity index is 256. The number of phenolic OH excluding ortho intramolecular Hbond substituents is 1. The van der Waals surface area contributed by atoms with E-state index in [9.17, 15) is 0 Å². The lowest BCUT2D eigenvalue weighted by Crippen LogP contribution is -1.72. The Labute approximate surface area is 81.9 Å². The third-order valence-electron chi connectivity index (χ3n) is 1.16. The first-order valence-corrected chi connectivity index (χ1v) is 4.43. The van der Waals surface area contributed by atoms with Gasteiger partial charge in [-0.3, -0.25) is 0 Å². The normalized spacial score (nSPS) is 8.25. The quantitative estimate of drug-likeness (QED) is 0.673. The zero-order chi connectivity index (χ0) is 9.56. The minimum absolute atomic E-state index is 0.346. The molecule has 0 aromatic heterocycles. The smallest absolute Gasteiger partial charge is 0.118 e. The molecule has 0 unspecified atom stereocenters. The van der Waals surface area contributed by atoms with Gasteiger partial charge >= 0.3 is 0 Å². The molecule has 0 heterocycles. The molecule has 0 aliphatic carbocycles. The van der Waals surface area contributed by atoms with Gasteiger partial charge in [0.15, 0.2) is 0 Å². The molecule has 1 rings (SSSR count). The Balaban J connectivity index is 0.000000354. The van der Waals surface area contributed by atoms with E-state index in [0.717, 1.165) is 10.0 Å². The van der Waals surface area contributed by atoms with Crippen molar-refractivity contribution in [3.8, 4) is 5.75 Å². The van der Waals surface area contributed by atoms with E-state index in [-0.39, 0.29) is 0 Å². The predicted molar refractivity (Wildman–Crippen MR) is 56.4 cm³/mol. The number of aromatic hydroxyl groups is 1. The summed E-state index contributed by atoms with van der Waals surface area (Å²) in [4.78, 5) is 0. The monoisotopic (exact) mass is 228 g/mol. The van der Waals surface area contributed by atoms with Gasteiger partial charge in [-0.05, 0) is 37.6 Å². The highest BCUT2D eigenvalue weighted by atomic mass is 79.9. The molecule has 2 heteroatoms. The highest BCUT2D eigenvalue weighted by Crippen LogP contribution is 2.19. The van der Waals surface area contributed by atoms with Crippen LogP contribution in [0.15, 0.2) is 35.3 Å². The molecule has 0 aliphatic heterocycles. The maximum absolute atomic E-state index is 9.02. The van der Waals surface area contributed by atoms with Crippen LogP contribution in [0, 0.1) is 6.92 Å². The van der Waals surface area contributed by atoms with Crippen molar-refractivity contribution < 1.29 is 5.11 Å². The summed E-state index contributed by atoms with van der Waals surface area (Å²) in [6.07, 6.45) is 1.75. The van der Waals surface area contributed by atoms with Crippen molar-refractivity contribution in [1.82, 2.24) is 0 Å². The van der Waals surface area contributed by atoms with Gasteiger partial charge in [0.1, 0.15) is 5.75 Å². The molecule has 0 saturated heterocycles. The molecule has 0 spiro atoms. The SMILES string of the molecule is C=CC.Cc1cc(Br)ccc1O. The van der Waals surface area contributed by atoms with Crippen molar-refractivity contribution in [2.24, 2.45) is 0 Å². The number of rotatable bonds is 0. The number of hydrogen-bond donors (Lipinski definition) is 1. The Kier molecular flexibility index (Phi) is 5.47. The van der Waals surface area contributed by atoms with Gasteiger partial charge in [0.2, 0.25) is 0 Å². The summed E-state index contributed by atoms with van der Waals surface area (Å²) < 4.78 is 0.998. The molecular weight excluding hydrogens is 216 g/mol. The molecule has 1 aromatic rings. The first-order chi connectivity index (χ1) is 5.61. The lowest BCUT2D eigenvalue weighted by atomic mass is 10.2. The molecule has 0 bridgehead atoms. The highest BCUT2D eigenvalue weighted by Gasteiger charge is 1.92. The largest absolute Gasteiger partial charge is 0.508 e. The Morgan fingerprint density at radius 3 is 2.33 bits per heavy atom. The van der Waals surface area contributed by atoms with Crippen molar-refractivity contribution in [2.75, 3.05) is 0 Å². The third kappa shape index (κ3) is 4.19. The van der Waals surface area contributed by atoms with Crippen LogP contribution in [0.5, 0.6) is 5.75 Å². The zero-order valence-corrected chi connectivity index (χ0v) is 8.93. The molecule has 12 heavy (non-hydrogen) atoms. The molecular formula is C10H13BrO. The maximum atomic E-state index is 9.02. The van der Waals surface area contributed by atoms with Gasteiger partial charge in [0.05, 0.1) is 0 Å². The second-order valence-corrected chi connectivity index (χ2v) is 3.25. The molecule has 66 valence electrons. The van der Waals surface area contributed by atoms with Crippen LogP contribution in [0.2, 0.25) is 0 Å². The van der Waals surface area contributed by atoms with Crippen LogP contribution in [-0.2, 0) is 0 Å². The van der Waals surface area contributed by atoms with Gasteiger partial charge in [0, 0.05) is 4.47 Å². The summed E-state index contributed by atoms with van der Waals surface area (Å²) in [5.41, 5.74) is 0.893. The average molecular weight is 229 g/mol. The van der Waals surface area contributed by atoms with Crippen molar-refractivity contribution in [3.63, 3.8) is 0 Å². The second kappa shape index (κ2) is 5.84. The van der Waals surface area contributed by atoms with E-state index in [1.54, 1.807) is 12.1 Å². The molecule has 1 aromatic carbocycles. The van der Waals surface area contributed by atoms with E-state index in [1.165, 1.54) is 0 Å². The molecule has 0 fully saturated rings. The summed E-state index contributed by atoms with van der Waals surface area (Å²) in [6.45, 7) is 7.11. The van der Waals surface area contributed by atoms with Crippen LogP contribution >= 0.6 is 15.9 Å². The summed E-state index contributed by atoms with van der Waals surface area (Å²) in [6, 6.07) is 5.34. The Morgan fingerprint density at radius 1 is 1.50 bits per heavy atom. The molecule has 0 saturated carbocycles. The third-order valence-corrected chi connectivity index (χ3v) is 1.65. The van der Waals surface area contributed by atoms with Crippen LogP contribution in [0.1, 0.15) is 12.5 Å².